The second-order valence-corrected chi connectivity index (χ2v) is 5.18. The van der Waals surface area contributed by atoms with E-state index in [4.69, 9.17) is 5.11 Å². The highest BCUT2D eigenvalue weighted by molar-refractivity contribution is 5.70. The highest BCUT2D eigenvalue weighted by Gasteiger charge is 2.32. The first-order valence-electron chi connectivity index (χ1n) is 6.69. The number of rotatable bonds is 5. The average Bonchev–Trinajstić information content (AvgIpc) is 2.85. The van der Waals surface area contributed by atoms with Crippen molar-refractivity contribution in [3.05, 3.63) is 35.9 Å². The van der Waals surface area contributed by atoms with Crippen molar-refractivity contribution >= 4 is 5.97 Å². The van der Waals surface area contributed by atoms with Crippen LogP contribution in [0, 0.1) is 11.8 Å². The molecule has 2 N–H and O–H groups in total. The third-order valence-electron chi connectivity index (χ3n) is 3.96. The summed E-state index contributed by atoms with van der Waals surface area (Å²) in [6.07, 6.45) is 2.91. The van der Waals surface area contributed by atoms with Crippen molar-refractivity contribution in [1.82, 2.24) is 5.32 Å². The summed E-state index contributed by atoms with van der Waals surface area (Å²) in [5.41, 5.74) is 1.25. The van der Waals surface area contributed by atoms with Crippen LogP contribution in [0.15, 0.2) is 30.3 Å². The molecule has 3 atom stereocenters. The third-order valence-corrected chi connectivity index (χ3v) is 3.96. The third kappa shape index (κ3) is 3.10. The molecular weight excluding hydrogens is 226 g/mol. The zero-order valence-corrected chi connectivity index (χ0v) is 10.8. The molecule has 0 spiro atoms. The maximum atomic E-state index is 11.1. The van der Waals surface area contributed by atoms with Crippen molar-refractivity contribution in [2.24, 2.45) is 11.8 Å². The van der Waals surface area contributed by atoms with E-state index in [1.54, 1.807) is 0 Å². The molecule has 1 saturated carbocycles. The van der Waals surface area contributed by atoms with Gasteiger partial charge in [0.05, 0.1) is 5.92 Å². The number of hydrogen-bond donors (Lipinski definition) is 2. The fraction of sp³-hybridized carbons (Fsp3) is 0.533. The van der Waals surface area contributed by atoms with Crippen LogP contribution in [-0.4, -0.2) is 17.6 Å². The zero-order valence-electron chi connectivity index (χ0n) is 10.8. The first-order chi connectivity index (χ1) is 8.68. The summed E-state index contributed by atoms with van der Waals surface area (Å²) in [6.45, 7) is 2.92. The summed E-state index contributed by atoms with van der Waals surface area (Å²) in [6, 6.07) is 10.5. The van der Waals surface area contributed by atoms with Gasteiger partial charge in [-0.15, -0.1) is 0 Å². The van der Waals surface area contributed by atoms with Gasteiger partial charge in [-0.2, -0.15) is 0 Å². The second kappa shape index (κ2) is 6.01. The number of aliphatic carboxylic acids is 1. The van der Waals surface area contributed by atoms with Crippen LogP contribution in [0.1, 0.15) is 37.8 Å². The molecular formula is C15H21NO2. The van der Waals surface area contributed by atoms with Gasteiger partial charge in [0.25, 0.3) is 0 Å². The van der Waals surface area contributed by atoms with Gasteiger partial charge in [0.1, 0.15) is 0 Å². The van der Waals surface area contributed by atoms with Crippen LogP contribution < -0.4 is 5.32 Å². The number of benzene rings is 1. The Morgan fingerprint density at radius 1 is 1.39 bits per heavy atom. The Labute approximate surface area is 108 Å². The molecule has 0 radical (unpaired) electrons. The van der Waals surface area contributed by atoms with Gasteiger partial charge in [-0.05, 0) is 37.8 Å². The van der Waals surface area contributed by atoms with Gasteiger partial charge in [-0.3, -0.25) is 4.79 Å². The quantitative estimate of drug-likeness (QED) is 0.841. The summed E-state index contributed by atoms with van der Waals surface area (Å²) in [5.74, 6) is -0.499. The highest BCUT2D eigenvalue weighted by Crippen LogP contribution is 2.31. The molecule has 3 nitrogen and oxygen atoms in total. The molecule has 1 aromatic carbocycles. The first-order valence-corrected chi connectivity index (χ1v) is 6.69. The van der Waals surface area contributed by atoms with E-state index >= 15 is 0 Å². The molecule has 1 aliphatic carbocycles. The van der Waals surface area contributed by atoms with Gasteiger partial charge in [0, 0.05) is 6.04 Å². The molecule has 2 rings (SSSR count). The number of carbonyl (C=O) groups is 1. The van der Waals surface area contributed by atoms with E-state index in [9.17, 15) is 4.79 Å². The van der Waals surface area contributed by atoms with Crippen LogP contribution >= 0.6 is 0 Å². The molecule has 0 aromatic heterocycles. The summed E-state index contributed by atoms with van der Waals surface area (Å²) in [5, 5.41) is 12.6. The number of hydrogen-bond acceptors (Lipinski definition) is 2. The average molecular weight is 247 g/mol. The van der Waals surface area contributed by atoms with Gasteiger partial charge in [0.2, 0.25) is 0 Å². The standard InChI is InChI=1S/C15H21NO2/c1-11(12-6-3-2-4-7-12)16-10-13-8-5-9-14(13)15(17)18/h2-4,6-7,11,13-14,16H,5,8-10H2,1H3,(H,17,18). The number of carboxylic acids is 1. The normalized spacial score (nSPS) is 24.9. The SMILES string of the molecule is CC(NCC1CCCC1C(=O)O)c1ccccc1. The van der Waals surface area contributed by atoms with E-state index in [-0.39, 0.29) is 17.9 Å². The van der Waals surface area contributed by atoms with Gasteiger partial charge in [-0.1, -0.05) is 36.8 Å². The highest BCUT2D eigenvalue weighted by atomic mass is 16.4. The molecule has 3 heteroatoms. The van der Waals surface area contributed by atoms with Crippen LogP contribution in [-0.2, 0) is 4.79 Å². The first kappa shape index (κ1) is 13.1. The minimum atomic E-state index is -0.633. The van der Waals surface area contributed by atoms with Crippen LogP contribution in [0.25, 0.3) is 0 Å². The predicted octanol–water partition coefficient (Wildman–Crippen LogP) is 2.84. The lowest BCUT2D eigenvalue weighted by molar-refractivity contribution is -0.142. The maximum absolute atomic E-state index is 11.1. The fourth-order valence-electron chi connectivity index (χ4n) is 2.79. The van der Waals surface area contributed by atoms with E-state index in [0.29, 0.717) is 0 Å². The Hall–Kier alpha value is -1.35. The van der Waals surface area contributed by atoms with E-state index in [1.807, 2.05) is 18.2 Å². The lowest BCUT2D eigenvalue weighted by atomic mass is 9.95. The van der Waals surface area contributed by atoms with Crippen LogP contribution in [0.3, 0.4) is 0 Å². The van der Waals surface area contributed by atoms with E-state index in [0.717, 1.165) is 25.8 Å². The summed E-state index contributed by atoms with van der Waals surface area (Å²) in [4.78, 5) is 11.1. The molecule has 0 saturated heterocycles. The van der Waals surface area contributed by atoms with Crippen molar-refractivity contribution in [2.75, 3.05) is 6.54 Å². The Kier molecular flexibility index (Phi) is 4.37. The van der Waals surface area contributed by atoms with Crippen molar-refractivity contribution in [3.8, 4) is 0 Å². The van der Waals surface area contributed by atoms with Gasteiger partial charge in [0.15, 0.2) is 0 Å². The summed E-state index contributed by atoms with van der Waals surface area (Å²) < 4.78 is 0. The molecule has 3 unspecified atom stereocenters. The minimum Gasteiger partial charge on any atom is -0.481 e. The van der Waals surface area contributed by atoms with E-state index in [2.05, 4.69) is 24.4 Å². The van der Waals surface area contributed by atoms with Crippen LogP contribution in [0.5, 0.6) is 0 Å². The monoisotopic (exact) mass is 247 g/mol. The number of nitrogens with one attached hydrogen (secondary N) is 1. The van der Waals surface area contributed by atoms with E-state index in [1.165, 1.54) is 5.56 Å². The Morgan fingerprint density at radius 2 is 2.11 bits per heavy atom. The number of carboxylic acid groups (broad SMARTS) is 1. The molecule has 0 aliphatic heterocycles. The second-order valence-electron chi connectivity index (χ2n) is 5.18. The zero-order chi connectivity index (χ0) is 13.0. The van der Waals surface area contributed by atoms with Gasteiger partial charge in [-0.25, -0.2) is 0 Å². The lowest BCUT2D eigenvalue weighted by Gasteiger charge is -2.20. The summed E-state index contributed by atoms with van der Waals surface area (Å²) in [7, 11) is 0. The Morgan fingerprint density at radius 3 is 2.78 bits per heavy atom. The largest absolute Gasteiger partial charge is 0.481 e. The van der Waals surface area contributed by atoms with Crippen LogP contribution in [0.2, 0.25) is 0 Å². The predicted molar refractivity (Wildman–Crippen MR) is 71.3 cm³/mol. The molecule has 1 fully saturated rings. The molecule has 98 valence electrons. The minimum absolute atomic E-state index is 0.152. The van der Waals surface area contributed by atoms with Crippen LogP contribution in [0.4, 0.5) is 0 Å². The molecule has 0 amide bonds. The topological polar surface area (TPSA) is 49.3 Å². The molecule has 18 heavy (non-hydrogen) atoms. The van der Waals surface area contributed by atoms with Gasteiger partial charge >= 0.3 is 5.97 Å². The smallest absolute Gasteiger partial charge is 0.306 e. The molecule has 0 heterocycles. The van der Waals surface area contributed by atoms with Crippen molar-refractivity contribution in [3.63, 3.8) is 0 Å². The molecule has 1 aromatic rings. The van der Waals surface area contributed by atoms with Crippen molar-refractivity contribution in [2.45, 2.75) is 32.2 Å². The van der Waals surface area contributed by atoms with Gasteiger partial charge < -0.3 is 10.4 Å². The Balaban J connectivity index is 1.86. The lowest BCUT2D eigenvalue weighted by Crippen LogP contribution is -2.30. The molecule has 1 aliphatic rings. The molecule has 0 bridgehead atoms. The van der Waals surface area contributed by atoms with Crippen molar-refractivity contribution < 1.29 is 9.90 Å². The van der Waals surface area contributed by atoms with E-state index < -0.39 is 5.97 Å². The maximum Gasteiger partial charge on any atom is 0.306 e. The van der Waals surface area contributed by atoms with Crippen molar-refractivity contribution in [1.29, 1.82) is 0 Å². The summed E-state index contributed by atoms with van der Waals surface area (Å²) >= 11 is 0. The fourth-order valence-corrected chi connectivity index (χ4v) is 2.79. The Bertz CT molecular complexity index is 391.